The molecular weight excluding hydrogens is 238 g/mol. The van der Waals surface area contributed by atoms with Crippen LogP contribution in [0.3, 0.4) is 0 Å². The average Bonchev–Trinajstić information content (AvgIpc) is 2.30. The summed E-state index contributed by atoms with van der Waals surface area (Å²) < 4.78 is 0. The van der Waals surface area contributed by atoms with Gasteiger partial charge in [-0.2, -0.15) is 0 Å². The minimum atomic E-state index is -0.105. The Labute approximate surface area is 107 Å². The monoisotopic (exact) mass is 255 g/mol. The van der Waals surface area contributed by atoms with Gasteiger partial charge < -0.3 is 10.6 Å². The van der Waals surface area contributed by atoms with Crippen LogP contribution in [0.4, 0.5) is 5.69 Å². The molecule has 0 saturated heterocycles. The Balaban J connectivity index is 2.64. The molecule has 0 bridgehead atoms. The number of nitrogens with one attached hydrogen (secondary N) is 2. The molecule has 0 aliphatic heterocycles. The van der Waals surface area contributed by atoms with E-state index in [0.717, 1.165) is 12.1 Å². The van der Waals surface area contributed by atoms with E-state index in [4.69, 9.17) is 11.6 Å². The maximum atomic E-state index is 11.8. The van der Waals surface area contributed by atoms with Gasteiger partial charge in [-0.3, -0.25) is 4.79 Å². The predicted octanol–water partition coefficient (Wildman–Crippen LogP) is 2.23. The third-order valence-electron chi connectivity index (χ3n) is 2.38. The molecule has 4 nitrogen and oxygen atoms in total. The SMILES string of the molecule is CCNCC(C)C(=O)Nc1cc(C)cnc1Cl. The number of amides is 1. The van der Waals surface area contributed by atoms with Crippen LogP contribution in [0, 0.1) is 12.8 Å². The van der Waals surface area contributed by atoms with Crippen molar-refractivity contribution in [2.24, 2.45) is 5.92 Å². The lowest BCUT2D eigenvalue weighted by molar-refractivity contribution is -0.119. The van der Waals surface area contributed by atoms with Crippen LogP contribution in [-0.4, -0.2) is 24.0 Å². The topological polar surface area (TPSA) is 54.0 Å². The fourth-order valence-corrected chi connectivity index (χ4v) is 1.50. The average molecular weight is 256 g/mol. The lowest BCUT2D eigenvalue weighted by Crippen LogP contribution is -2.30. The number of hydrogen-bond acceptors (Lipinski definition) is 3. The molecule has 1 amide bonds. The first kappa shape index (κ1) is 13.9. The zero-order valence-corrected chi connectivity index (χ0v) is 11.1. The lowest BCUT2D eigenvalue weighted by Gasteiger charge is -2.13. The molecule has 94 valence electrons. The van der Waals surface area contributed by atoms with E-state index in [-0.39, 0.29) is 11.8 Å². The Kier molecular flexibility index (Phi) is 5.38. The van der Waals surface area contributed by atoms with Crippen molar-refractivity contribution in [3.63, 3.8) is 0 Å². The summed E-state index contributed by atoms with van der Waals surface area (Å²) in [5.74, 6) is -0.160. The third kappa shape index (κ3) is 4.32. The summed E-state index contributed by atoms with van der Waals surface area (Å²) in [5, 5.41) is 6.24. The molecule has 1 atom stereocenters. The number of rotatable bonds is 5. The molecule has 1 rings (SSSR count). The van der Waals surface area contributed by atoms with E-state index >= 15 is 0 Å². The summed E-state index contributed by atoms with van der Waals surface area (Å²) in [5.41, 5.74) is 1.53. The van der Waals surface area contributed by atoms with E-state index in [1.54, 1.807) is 6.20 Å². The van der Waals surface area contributed by atoms with Crippen LogP contribution < -0.4 is 10.6 Å². The van der Waals surface area contributed by atoms with Gasteiger partial charge in [-0.05, 0) is 25.1 Å². The van der Waals surface area contributed by atoms with Crippen molar-refractivity contribution >= 4 is 23.2 Å². The molecule has 0 saturated carbocycles. The van der Waals surface area contributed by atoms with Crippen LogP contribution in [0.2, 0.25) is 5.15 Å². The van der Waals surface area contributed by atoms with Gasteiger partial charge in [0.25, 0.3) is 0 Å². The fourth-order valence-electron chi connectivity index (χ4n) is 1.35. The van der Waals surface area contributed by atoms with Gasteiger partial charge in [0.15, 0.2) is 5.15 Å². The molecule has 0 radical (unpaired) electrons. The van der Waals surface area contributed by atoms with E-state index in [2.05, 4.69) is 15.6 Å². The maximum absolute atomic E-state index is 11.8. The van der Waals surface area contributed by atoms with E-state index < -0.39 is 0 Å². The Morgan fingerprint density at radius 3 is 2.94 bits per heavy atom. The Morgan fingerprint density at radius 2 is 2.29 bits per heavy atom. The first-order valence-corrected chi connectivity index (χ1v) is 6.06. The van der Waals surface area contributed by atoms with E-state index in [1.807, 2.05) is 26.8 Å². The summed E-state index contributed by atoms with van der Waals surface area (Å²) in [6, 6.07) is 1.81. The quantitative estimate of drug-likeness (QED) is 0.794. The lowest BCUT2D eigenvalue weighted by atomic mass is 10.1. The largest absolute Gasteiger partial charge is 0.323 e. The van der Waals surface area contributed by atoms with Gasteiger partial charge in [0.1, 0.15) is 0 Å². The molecule has 17 heavy (non-hydrogen) atoms. The Morgan fingerprint density at radius 1 is 1.59 bits per heavy atom. The number of hydrogen-bond donors (Lipinski definition) is 2. The summed E-state index contributed by atoms with van der Waals surface area (Å²) in [4.78, 5) is 15.8. The smallest absolute Gasteiger partial charge is 0.228 e. The number of pyridine rings is 1. The first-order valence-electron chi connectivity index (χ1n) is 5.68. The van der Waals surface area contributed by atoms with Crippen LogP contribution in [0.15, 0.2) is 12.3 Å². The van der Waals surface area contributed by atoms with Gasteiger partial charge in [-0.15, -0.1) is 0 Å². The highest BCUT2D eigenvalue weighted by atomic mass is 35.5. The number of anilines is 1. The molecular formula is C12H18ClN3O. The van der Waals surface area contributed by atoms with Crippen molar-refractivity contribution in [2.75, 3.05) is 18.4 Å². The molecule has 0 fully saturated rings. The third-order valence-corrected chi connectivity index (χ3v) is 2.68. The summed E-state index contributed by atoms with van der Waals surface area (Å²) in [6.07, 6.45) is 1.67. The normalized spacial score (nSPS) is 12.2. The van der Waals surface area contributed by atoms with Crippen LogP contribution in [0.25, 0.3) is 0 Å². The zero-order chi connectivity index (χ0) is 12.8. The van der Waals surface area contributed by atoms with E-state index in [0.29, 0.717) is 17.4 Å². The molecule has 1 aromatic heterocycles. The summed E-state index contributed by atoms with van der Waals surface area (Å²) >= 11 is 5.91. The highest BCUT2D eigenvalue weighted by molar-refractivity contribution is 6.32. The van der Waals surface area contributed by atoms with Gasteiger partial charge in [-0.1, -0.05) is 25.4 Å². The minimum Gasteiger partial charge on any atom is -0.323 e. The molecule has 1 heterocycles. The highest BCUT2D eigenvalue weighted by Gasteiger charge is 2.14. The zero-order valence-electron chi connectivity index (χ0n) is 10.4. The van der Waals surface area contributed by atoms with Crippen molar-refractivity contribution in [1.29, 1.82) is 0 Å². The van der Waals surface area contributed by atoms with Crippen molar-refractivity contribution in [1.82, 2.24) is 10.3 Å². The van der Waals surface area contributed by atoms with Crippen molar-refractivity contribution in [3.8, 4) is 0 Å². The van der Waals surface area contributed by atoms with Gasteiger partial charge in [0.2, 0.25) is 5.91 Å². The highest BCUT2D eigenvalue weighted by Crippen LogP contribution is 2.20. The molecule has 0 aromatic carbocycles. The maximum Gasteiger partial charge on any atom is 0.228 e. The molecule has 0 aliphatic rings. The van der Waals surface area contributed by atoms with Gasteiger partial charge in [0.05, 0.1) is 5.69 Å². The number of carbonyl (C=O) groups excluding carboxylic acids is 1. The van der Waals surface area contributed by atoms with Crippen LogP contribution >= 0.6 is 11.6 Å². The summed E-state index contributed by atoms with van der Waals surface area (Å²) in [6.45, 7) is 7.28. The minimum absolute atomic E-state index is 0.0553. The molecule has 2 N–H and O–H groups in total. The van der Waals surface area contributed by atoms with Crippen molar-refractivity contribution in [3.05, 3.63) is 23.0 Å². The van der Waals surface area contributed by atoms with Crippen molar-refractivity contribution < 1.29 is 4.79 Å². The van der Waals surface area contributed by atoms with Gasteiger partial charge in [0, 0.05) is 18.7 Å². The second-order valence-electron chi connectivity index (χ2n) is 4.05. The molecule has 5 heteroatoms. The first-order chi connectivity index (χ1) is 8.04. The molecule has 0 spiro atoms. The summed E-state index contributed by atoms with van der Waals surface area (Å²) in [7, 11) is 0. The van der Waals surface area contributed by atoms with Crippen LogP contribution in [0.5, 0.6) is 0 Å². The number of carbonyl (C=O) groups is 1. The second kappa shape index (κ2) is 6.57. The Hall–Kier alpha value is -1.13. The van der Waals surface area contributed by atoms with Gasteiger partial charge >= 0.3 is 0 Å². The van der Waals surface area contributed by atoms with Gasteiger partial charge in [-0.25, -0.2) is 4.98 Å². The predicted molar refractivity (Wildman–Crippen MR) is 70.3 cm³/mol. The van der Waals surface area contributed by atoms with Crippen LogP contribution in [0.1, 0.15) is 19.4 Å². The number of nitrogens with zero attached hydrogens (tertiary/aromatic N) is 1. The van der Waals surface area contributed by atoms with Crippen molar-refractivity contribution in [2.45, 2.75) is 20.8 Å². The molecule has 1 unspecified atom stereocenters. The Bertz CT molecular complexity index is 395. The van der Waals surface area contributed by atoms with E-state index in [9.17, 15) is 4.79 Å². The standard InChI is InChI=1S/C12H18ClN3O/c1-4-14-7-9(3)12(17)16-10-5-8(2)6-15-11(10)13/h5-6,9,14H,4,7H2,1-3H3,(H,16,17). The van der Waals surface area contributed by atoms with Crippen LogP contribution in [-0.2, 0) is 4.79 Å². The molecule has 1 aromatic rings. The second-order valence-corrected chi connectivity index (χ2v) is 4.41. The fraction of sp³-hybridized carbons (Fsp3) is 0.500. The van der Waals surface area contributed by atoms with E-state index in [1.165, 1.54) is 0 Å². The number of aromatic nitrogens is 1. The number of halogens is 1. The number of aryl methyl sites for hydroxylation is 1. The molecule has 0 aliphatic carbocycles.